The molecule has 1 saturated heterocycles. The van der Waals surface area contributed by atoms with Gasteiger partial charge in [-0.2, -0.15) is 9.57 Å². The minimum atomic E-state index is -3.20. The first-order chi connectivity index (χ1) is 8.01. The fourth-order valence-corrected chi connectivity index (χ4v) is 3.12. The summed E-state index contributed by atoms with van der Waals surface area (Å²) in [5, 5.41) is 8.79. The highest BCUT2D eigenvalue weighted by molar-refractivity contribution is 7.89. The maximum Gasteiger partial charge on any atom is 0.216 e. The Balaban J connectivity index is 2.49. The van der Waals surface area contributed by atoms with Crippen molar-refractivity contribution < 1.29 is 13.2 Å². The van der Waals surface area contributed by atoms with E-state index in [-0.39, 0.29) is 18.4 Å². The molecule has 1 atom stereocenters. The third kappa shape index (κ3) is 3.92. The average molecular weight is 261 g/mol. The number of hydrogen-bond donors (Lipinski definition) is 0. The molecule has 0 N–H and O–H groups in total. The van der Waals surface area contributed by atoms with Crippen LogP contribution in [0.4, 0.5) is 0 Å². The summed E-state index contributed by atoms with van der Waals surface area (Å²) in [6.45, 7) is 4.18. The van der Waals surface area contributed by atoms with Gasteiger partial charge in [-0.15, -0.1) is 0 Å². The molecule has 17 heavy (non-hydrogen) atoms. The first-order valence-corrected chi connectivity index (χ1v) is 7.22. The van der Waals surface area contributed by atoms with Crippen molar-refractivity contribution in [1.29, 1.82) is 5.26 Å². The SMILES string of the molecule is COCCS(=O)(=O)N1CCN(C(C)C#N)CC1. The van der Waals surface area contributed by atoms with Crippen LogP contribution in [0, 0.1) is 11.3 Å². The van der Waals surface area contributed by atoms with E-state index in [1.54, 1.807) is 0 Å². The fraction of sp³-hybridized carbons (Fsp3) is 0.900. The molecule has 6 nitrogen and oxygen atoms in total. The van der Waals surface area contributed by atoms with Gasteiger partial charge in [-0.3, -0.25) is 4.90 Å². The Kier molecular flexibility index (Phi) is 5.33. The lowest BCUT2D eigenvalue weighted by molar-refractivity contribution is 0.167. The number of nitrogens with zero attached hydrogens (tertiary/aromatic N) is 3. The molecule has 0 radical (unpaired) electrons. The van der Waals surface area contributed by atoms with E-state index in [1.165, 1.54) is 11.4 Å². The van der Waals surface area contributed by atoms with Gasteiger partial charge in [0.1, 0.15) is 0 Å². The average Bonchev–Trinajstić information content (AvgIpc) is 2.35. The lowest BCUT2D eigenvalue weighted by Gasteiger charge is -2.35. The molecule has 0 bridgehead atoms. The Morgan fingerprint density at radius 3 is 2.41 bits per heavy atom. The van der Waals surface area contributed by atoms with Crippen molar-refractivity contribution in [2.75, 3.05) is 45.6 Å². The maximum atomic E-state index is 11.9. The second kappa shape index (κ2) is 6.31. The van der Waals surface area contributed by atoms with Crippen LogP contribution in [0.15, 0.2) is 0 Å². The summed E-state index contributed by atoms with van der Waals surface area (Å²) in [6.07, 6.45) is 0. The Morgan fingerprint density at radius 1 is 1.35 bits per heavy atom. The zero-order chi connectivity index (χ0) is 12.9. The summed E-state index contributed by atoms with van der Waals surface area (Å²) < 4.78 is 30.0. The van der Waals surface area contributed by atoms with Crippen LogP contribution in [0.1, 0.15) is 6.92 Å². The van der Waals surface area contributed by atoms with E-state index < -0.39 is 10.0 Å². The summed E-state index contributed by atoms with van der Waals surface area (Å²) in [6, 6.07) is 2.01. The molecule has 1 unspecified atom stereocenters. The molecule has 0 aromatic carbocycles. The van der Waals surface area contributed by atoms with E-state index in [0.29, 0.717) is 26.2 Å². The molecular weight excluding hydrogens is 242 g/mol. The standard InChI is InChI=1S/C10H19N3O3S/c1-10(9-11)12-3-5-13(6-4-12)17(14,15)8-7-16-2/h10H,3-8H2,1-2H3. The maximum absolute atomic E-state index is 11.9. The molecule has 0 amide bonds. The second-order valence-corrected chi connectivity index (χ2v) is 6.14. The van der Waals surface area contributed by atoms with Gasteiger partial charge in [0.15, 0.2) is 0 Å². The fourth-order valence-electron chi connectivity index (χ4n) is 1.77. The first-order valence-electron chi connectivity index (χ1n) is 5.61. The molecule has 0 aromatic rings. The van der Waals surface area contributed by atoms with Gasteiger partial charge >= 0.3 is 0 Å². The van der Waals surface area contributed by atoms with Crippen molar-refractivity contribution in [3.05, 3.63) is 0 Å². The Hall–Kier alpha value is -0.680. The summed E-state index contributed by atoms with van der Waals surface area (Å²) in [4.78, 5) is 1.99. The molecule has 0 spiro atoms. The third-order valence-corrected chi connectivity index (χ3v) is 4.78. The lowest BCUT2D eigenvalue weighted by atomic mass is 10.2. The van der Waals surface area contributed by atoms with Gasteiger partial charge in [-0.05, 0) is 6.92 Å². The summed E-state index contributed by atoms with van der Waals surface area (Å²) in [5.41, 5.74) is 0. The first kappa shape index (κ1) is 14.4. The van der Waals surface area contributed by atoms with E-state index in [2.05, 4.69) is 6.07 Å². The van der Waals surface area contributed by atoms with E-state index in [9.17, 15) is 8.42 Å². The highest BCUT2D eigenvalue weighted by atomic mass is 32.2. The minimum absolute atomic E-state index is 0.0251. The van der Waals surface area contributed by atoms with Crippen LogP contribution in [-0.2, 0) is 14.8 Å². The van der Waals surface area contributed by atoms with E-state index in [4.69, 9.17) is 10.00 Å². The van der Waals surface area contributed by atoms with Crippen LogP contribution < -0.4 is 0 Å². The molecule has 1 heterocycles. The van der Waals surface area contributed by atoms with Gasteiger partial charge in [0.05, 0.1) is 24.5 Å². The van der Waals surface area contributed by atoms with E-state index in [0.717, 1.165) is 0 Å². The number of methoxy groups -OCH3 is 1. The minimum Gasteiger partial charge on any atom is -0.384 e. The molecular formula is C10H19N3O3S. The van der Waals surface area contributed by atoms with Gasteiger partial charge in [0.2, 0.25) is 10.0 Å². The van der Waals surface area contributed by atoms with Crippen LogP contribution in [0.5, 0.6) is 0 Å². The molecule has 98 valence electrons. The van der Waals surface area contributed by atoms with Gasteiger partial charge < -0.3 is 4.74 Å². The van der Waals surface area contributed by atoms with Crippen LogP contribution in [0.25, 0.3) is 0 Å². The van der Waals surface area contributed by atoms with Crippen molar-refractivity contribution in [3.8, 4) is 6.07 Å². The smallest absolute Gasteiger partial charge is 0.216 e. The number of sulfonamides is 1. The van der Waals surface area contributed by atoms with E-state index in [1.807, 2.05) is 11.8 Å². The molecule has 0 aromatic heterocycles. The quantitative estimate of drug-likeness (QED) is 0.666. The van der Waals surface area contributed by atoms with Gasteiger partial charge in [0, 0.05) is 33.3 Å². The molecule has 7 heteroatoms. The van der Waals surface area contributed by atoms with Gasteiger partial charge in [-0.25, -0.2) is 8.42 Å². The van der Waals surface area contributed by atoms with E-state index >= 15 is 0 Å². The number of rotatable bonds is 5. The number of nitriles is 1. The molecule has 1 rings (SSSR count). The number of ether oxygens (including phenoxy) is 1. The second-order valence-electron chi connectivity index (χ2n) is 4.05. The molecule has 0 aliphatic carbocycles. The van der Waals surface area contributed by atoms with Crippen molar-refractivity contribution in [1.82, 2.24) is 9.21 Å². The number of hydrogen-bond acceptors (Lipinski definition) is 5. The third-order valence-electron chi connectivity index (χ3n) is 2.95. The van der Waals surface area contributed by atoms with Gasteiger partial charge in [0.25, 0.3) is 0 Å². The summed E-state index contributed by atoms with van der Waals surface area (Å²) in [7, 11) is -1.71. The van der Waals surface area contributed by atoms with Crippen LogP contribution in [0.3, 0.4) is 0 Å². The van der Waals surface area contributed by atoms with Gasteiger partial charge in [-0.1, -0.05) is 0 Å². The molecule has 1 aliphatic rings. The predicted molar refractivity (Wildman–Crippen MR) is 63.9 cm³/mol. The lowest BCUT2D eigenvalue weighted by Crippen LogP contribution is -2.51. The van der Waals surface area contributed by atoms with Crippen molar-refractivity contribution in [3.63, 3.8) is 0 Å². The summed E-state index contributed by atoms with van der Waals surface area (Å²) >= 11 is 0. The van der Waals surface area contributed by atoms with Crippen LogP contribution in [-0.4, -0.2) is 69.3 Å². The van der Waals surface area contributed by atoms with Crippen molar-refractivity contribution in [2.45, 2.75) is 13.0 Å². The molecule has 1 aliphatic heterocycles. The number of piperazine rings is 1. The zero-order valence-electron chi connectivity index (χ0n) is 10.3. The Morgan fingerprint density at radius 2 is 1.94 bits per heavy atom. The highest BCUT2D eigenvalue weighted by Gasteiger charge is 2.28. The van der Waals surface area contributed by atoms with Crippen molar-refractivity contribution >= 4 is 10.0 Å². The summed E-state index contributed by atoms with van der Waals surface area (Å²) in [5.74, 6) is 0.0251. The molecule has 0 saturated carbocycles. The topological polar surface area (TPSA) is 73.6 Å². The Bertz CT molecular complexity index is 369. The van der Waals surface area contributed by atoms with Crippen LogP contribution >= 0.6 is 0 Å². The Labute approximate surface area is 103 Å². The predicted octanol–water partition coefficient (Wildman–Crippen LogP) is -0.508. The van der Waals surface area contributed by atoms with Crippen LogP contribution in [0.2, 0.25) is 0 Å². The monoisotopic (exact) mass is 261 g/mol. The van der Waals surface area contributed by atoms with Crippen molar-refractivity contribution in [2.24, 2.45) is 0 Å². The normalized spacial score (nSPS) is 21.0. The zero-order valence-corrected chi connectivity index (χ0v) is 11.1. The highest BCUT2D eigenvalue weighted by Crippen LogP contribution is 2.10. The largest absolute Gasteiger partial charge is 0.384 e. The molecule has 1 fully saturated rings.